The molecule has 120 valence electrons. The molecule has 0 unspecified atom stereocenters. The number of hydrogen-bond acceptors (Lipinski definition) is 4. The largest absolute Gasteiger partial charge is 0.311 e. The summed E-state index contributed by atoms with van der Waals surface area (Å²) in [6.07, 6.45) is 3.91. The van der Waals surface area contributed by atoms with Gasteiger partial charge in [-0.3, -0.25) is 4.79 Å². The third-order valence-electron chi connectivity index (χ3n) is 5.18. The van der Waals surface area contributed by atoms with Crippen LogP contribution in [-0.2, 0) is 14.8 Å². The predicted octanol–water partition coefficient (Wildman–Crippen LogP) is 2.06. The lowest BCUT2D eigenvalue weighted by atomic mass is 9.79. The van der Waals surface area contributed by atoms with E-state index in [0.717, 1.165) is 37.8 Å². The molecular formula is C15H20N2O3S2. The number of thiophene rings is 1. The summed E-state index contributed by atoms with van der Waals surface area (Å²) in [4.78, 5) is 14.8. The highest BCUT2D eigenvalue weighted by Crippen LogP contribution is 2.44. The molecule has 1 saturated carbocycles. The minimum atomic E-state index is -3.18. The molecule has 0 radical (unpaired) electrons. The molecule has 1 aliphatic carbocycles. The van der Waals surface area contributed by atoms with Crippen LogP contribution < -0.4 is 4.90 Å². The molecule has 2 saturated heterocycles. The van der Waals surface area contributed by atoms with E-state index in [-0.39, 0.29) is 11.2 Å². The Balaban J connectivity index is 1.58. The topological polar surface area (TPSA) is 57.7 Å². The van der Waals surface area contributed by atoms with Crippen LogP contribution in [0.3, 0.4) is 0 Å². The number of piperidine rings is 1. The molecule has 1 amide bonds. The quantitative estimate of drug-likeness (QED) is 0.846. The molecule has 0 bridgehead atoms. The van der Waals surface area contributed by atoms with Crippen LogP contribution in [0, 0.1) is 5.41 Å². The molecule has 3 aliphatic rings. The number of sulfonamides is 1. The van der Waals surface area contributed by atoms with Crippen molar-refractivity contribution in [2.75, 3.05) is 24.5 Å². The minimum Gasteiger partial charge on any atom is -0.311 e. The third kappa shape index (κ3) is 2.21. The lowest BCUT2D eigenvalue weighted by Gasteiger charge is -2.38. The summed E-state index contributed by atoms with van der Waals surface area (Å²) in [7, 11) is -3.18. The van der Waals surface area contributed by atoms with Crippen LogP contribution in [0.1, 0.15) is 32.1 Å². The average molecular weight is 340 g/mol. The zero-order valence-electron chi connectivity index (χ0n) is 12.4. The van der Waals surface area contributed by atoms with Crippen LogP contribution in [0.4, 0.5) is 5.69 Å². The van der Waals surface area contributed by atoms with Gasteiger partial charge >= 0.3 is 0 Å². The molecule has 1 spiro atoms. The van der Waals surface area contributed by atoms with E-state index < -0.39 is 15.4 Å². The van der Waals surface area contributed by atoms with Crippen LogP contribution in [0.2, 0.25) is 0 Å². The van der Waals surface area contributed by atoms with E-state index in [0.29, 0.717) is 19.6 Å². The first-order valence-electron chi connectivity index (χ1n) is 7.86. The van der Waals surface area contributed by atoms with Crippen LogP contribution in [0.25, 0.3) is 0 Å². The lowest BCUT2D eigenvalue weighted by Crippen LogP contribution is -2.50. The van der Waals surface area contributed by atoms with Crippen LogP contribution in [0.5, 0.6) is 0 Å². The van der Waals surface area contributed by atoms with Crippen molar-refractivity contribution in [3.05, 3.63) is 16.8 Å². The fraction of sp³-hybridized carbons (Fsp3) is 0.667. The van der Waals surface area contributed by atoms with Gasteiger partial charge in [0.2, 0.25) is 15.9 Å². The maximum Gasteiger partial charge on any atom is 0.234 e. The first-order valence-corrected chi connectivity index (χ1v) is 10.3. The molecule has 0 aromatic carbocycles. The van der Waals surface area contributed by atoms with Gasteiger partial charge in [-0.25, -0.2) is 12.7 Å². The lowest BCUT2D eigenvalue weighted by molar-refractivity contribution is -0.127. The first-order chi connectivity index (χ1) is 10.5. The molecule has 4 rings (SSSR count). The second-order valence-electron chi connectivity index (χ2n) is 6.65. The van der Waals surface area contributed by atoms with E-state index in [4.69, 9.17) is 0 Å². The van der Waals surface area contributed by atoms with Gasteiger partial charge in [0.15, 0.2) is 0 Å². The van der Waals surface area contributed by atoms with Crippen LogP contribution in [-0.4, -0.2) is 43.5 Å². The van der Waals surface area contributed by atoms with Gasteiger partial charge in [-0.05, 0) is 43.6 Å². The monoisotopic (exact) mass is 340 g/mol. The van der Waals surface area contributed by atoms with E-state index in [1.165, 1.54) is 0 Å². The molecule has 1 aromatic rings. The Labute approximate surface area is 135 Å². The Morgan fingerprint density at radius 3 is 2.73 bits per heavy atom. The molecule has 5 nitrogen and oxygen atoms in total. The molecule has 3 fully saturated rings. The van der Waals surface area contributed by atoms with Crippen molar-refractivity contribution in [2.24, 2.45) is 5.41 Å². The number of anilines is 1. The molecular weight excluding hydrogens is 320 g/mol. The van der Waals surface area contributed by atoms with Crippen molar-refractivity contribution in [3.8, 4) is 0 Å². The number of carbonyl (C=O) groups is 1. The van der Waals surface area contributed by atoms with Gasteiger partial charge in [0.1, 0.15) is 0 Å². The van der Waals surface area contributed by atoms with E-state index >= 15 is 0 Å². The van der Waals surface area contributed by atoms with Crippen molar-refractivity contribution < 1.29 is 13.2 Å². The second-order valence-corrected chi connectivity index (χ2v) is 9.64. The van der Waals surface area contributed by atoms with Gasteiger partial charge in [0.05, 0.1) is 16.4 Å². The van der Waals surface area contributed by atoms with Crippen molar-refractivity contribution in [1.29, 1.82) is 0 Å². The zero-order chi connectivity index (χ0) is 15.4. The maximum absolute atomic E-state index is 12.9. The molecule has 1 atom stereocenters. The second kappa shape index (κ2) is 5.04. The number of amides is 1. The summed E-state index contributed by atoms with van der Waals surface area (Å²) in [6, 6.07) is 1.96. The van der Waals surface area contributed by atoms with E-state index in [2.05, 4.69) is 0 Å². The third-order valence-corrected chi connectivity index (χ3v) is 8.19. The summed E-state index contributed by atoms with van der Waals surface area (Å²) in [6.45, 7) is 1.66. The van der Waals surface area contributed by atoms with Crippen molar-refractivity contribution >= 4 is 33.0 Å². The van der Waals surface area contributed by atoms with Gasteiger partial charge in [-0.1, -0.05) is 0 Å². The van der Waals surface area contributed by atoms with Crippen molar-refractivity contribution in [2.45, 2.75) is 37.4 Å². The van der Waals surface area contributed by atoms with Crippen molar-refractivity contribution in [1.82, 2.24) is 4.31 Å². The van der Waals surface area contributed by atoms with Gasteiger partial charge in [-0.15, -0.1) is 0 Å². The highest BCUT2D eigenvalue weighted by atomic mass is 32.2. The zero-order valence-corrected chi connectivity index (χ0v) is 14.0. The van der Waals surface area contributed by atoms with Gasteiger partial charge in [0.25, 0.3) is 0 Å². The number of rotatable bonds is 3. The Kier molecular flexibility index (Phi) is 3.36. The summed E-state index contributed by atoms with van der Waals surface area (Å²) in [5.41, 5.74) is 0.455. The highest BCUT2D eigenvalue weighted by molar-refractivity contribution is 7.90. The van der Waals surface area contributed by atoms with Crippen LogP contribution >= 0.6 is 11.3 Å². The van der Waals surface area contributed by atoms with Gasteiger partial charge in [-0.2, -0.15) is 11.3 Å². The summed E-state index contributed by atoms with van der Waals surface area (Å²) in [5.74, 6) is 0.113. The molecule has 7 heteroatoms. The number of nitrogens with zero attached hydrogens (tertiary/aromatic N) is 2. The molecule has 22 heavy (non-hydrogen) atoms. The standard InChI is InChI=1S/C15H20N2O3S2/c18-14-15(6-8-17(14)12-4-9-21-10-12)5-1-7-16(11-15)22(19,20)13-2-3-13/h4,9-10,13H,1-3,5-8,11H2/t15-/m0/s1. The smallest absolute Gasteiger partial charge is 0.234 e. The molecule has 0 N–H and O–H groups in total. The Morgan fingerprint density at radius 1 is 1.23 bits per heavy atom. The first kappa shape index (κ1) is 14.7. The Hall–Kier alpha value is -0.920. The van der Waals surface area contributed by atoms with Gasteiger partial charge in [0, 0.05) is 25.0 Å². The molecule has 2 aliphatic heterocycles. The van der Waals surface area contributed by atoms with Crippen LogP contribution in [0.15, 0.2) is 16.8 Å². The van der Waals surface area contributed by atoms with E-state index in [1.54, 1.807) is 15.6 Å². The predicted molar refractivity (Wildman–Crippen MR) is 86.5 cm³/mol. The summed E-state index contributed by atoms with van der Waals surface area (Å²) < 4.78 is 26.6. The fourth-order valence-corrected chi connectivity index (χ4v) is 6.35. The fourth-order valence-electron chi connectivity index (χ4n) is 3.74. The normalized spacial score (nSPS) is 30.4. The average Bonchev–Trinajstić information content (AvgIpc) is 3.17. The molecule has 1 aromatic heterocycles. The Bertz CT molecular complexity index is 682. The number of carbonyl (C=O) groups excluding carboxylic acids is 1. The maximum atomic E-state index is 12.9. The Morgan fingerprint density at radius 2 is 2.05 bits per heavy atom. The van der Waals surface area contributed by atoms with E-state index in [1.807, 2.05) is 21.7 Å². The summed E-state index contributed by atoms with van der Waals surface area (Å²) in [5, 5.41) is 3.77. The van der Waals surface area contributed by atoms with Gasteiger partial charge < -0.3 is 4.90 Å². The molecule has 3 heterocycles. The van der Waals surface area contributed by atoms with E-state index in [9.17, 15) is 13.2 Å². The minimum absolute atomic E-state index is 0.113. The number of hydrogen-bond donors (Lipinski definition) is 0. The highest BCUT2D eigenvalue weighted by Gasteiger charge is 2.52. The SMILES string of the molecule is O=C1N(c2ccsc2)CC[C@]12CCCN(S(=O)(=O)C1CC1)C2. The van der Waals surface area contributed by atoms with Crippen molar-refractivity contribution in [3.63, 3.8) is 0 Å². The summed E-state index contributed by atoms with van der Waals surface area (Å²) >= 11 is 1.58.